The smallest absolute Gasteiger partial charge is 0.263 e. The molecule has 13 heteroatoms. The molecule has 0 saturated heterocycles. The lowest BCUT2D eigenvalue weighted by atomic mass is 10.1. The van der Waals surface area contributed by atoms with Crippen LogP contribution < -0.4 is 20.4 Å². The summed E-state index contributed by atoms with van der Waals surface area (Å²) in [7, 11) is -2.78. The zero-order valence-corrected chi connectivity index (χ0v) is 21.7. The van der Waals surface area contributed by atoms with Crippen molar-refractivity contribution in [3.8, 4) is 17.6 Å². The van der Waals surface area contributed by atoms with Crippen LogP contribution >= 0.6 is 0 Å². The van der Waals surface area contributed by atoms with Crippen LogP contribution in [0.2, 0.25) is 0 Å². The minimum atomic E-state index is -4.30. The van der Waals surface area contributed by atoms with Crippen molar-refractivity contribution in [1.82, 2.24) is 15.1 Å². The molecule has 38 heavy (non-hydrogen) atoms. The van der Waals surface area contributed by atoms with Gasteiger partial charge in [0.2, 0.25) is 21.8 Å². The summed E-state index contributed by atoms with van der Waals surface area (Å²) in [6.45, 7) is 0.584. The summed E-state index contributed by atoms with van der Waals surface area (Å²) < 4.78 is 38.7. The average Bonchev–Trinajstić information content (AvgIpc) is 3.09. The van der Waals surface area contributed by atoms with Crippen molar-refractivity contribution in [2.45, 2.75) is 24.4 Å². The van der Waals surface area contributed by atoms with E-state index in [0.29, 0.717) is 17.0 Å². The Morgan fingerprint density at radius 2 is 1.76 bits per heavy atom. The maximum absolute atomic E-state index is 13.7. The predicted octanol–water partition coefficient (Wildman–Crippen LogP) is 0.263. The van der Waals surface area contributed by atoms with Gasteiger partial charge in [-0.1, -0.05) is 30.0 Å². The second-order valence-corrected chi connectivity index (χ2v) is 10.0. The third kappa shape index (κ3) is 6.87. The van der Waals surface area contributed by atoms with Gasteiger partial charge < -0.3 is 19.7 Å². The van der Waals surface area contributed by atoms with Gasteiger partial charge in [-0.2, -0.15) is 4.31 Å². The standard InChI is InChI=1S/C25H28N4O8S/c1-18(30)26-15-24(31)28-17-23(25(32)27-33)29(16-19-7-3-4-8-22(19)28)38(34,35)21-11-9-20(10-12-21)37-14-6-5-13-36-2/h3-4,7-12,23,33H,13-17H2,1-2H3,(H,26,30)(H,27,32). The Labute approximate surface area is 220 Å². The van der Waals surface area contributed by atoms with Gasteiger partial charge in [0.05, 0.1) is 18.0 Å². The Hall–Kier alpha value is -3.96. The highest BCUT2D eigenvalue weighted by Gasteiger charge is 2.41. The molecule has 1 unspecified atom stereocenters. The molecule has 0 aliphatic carbocycles. The van der Waals surface area contributed by atoms with E-state index in [4.69, 9.17) is 9.47 Å². The van der Waals surface area contributed by atoms with Crippen LogP contribution in [0.3, 0.4) is 0 Å². The van der Waals surface area contributed by atoms with Gasteiger partial charge in [0.15, 0.2) is 0 Å². The highest BCUT2D eigenvalue weighted by molar-refractivity contribution is 7.89. The first-order valence-electron chi connectivity index (χ1n) is 11.4. The molecule has 3 N–H and O–H groups in total. The number of nitrogens with one attached hydrogen (secondary N) is 2. The number of fused-ring (bicyclic) bond motifs is 1. The van der Waals surface area contributed by atoms with Crippen LogP contribution in [-0.4, -0.2) is 75.1 Å². The number of rotatable bonds is 8. The van der Waals surface area contributed by atoms with Crippen LogP contribution in [0.4, 0.5) is 5.69 Å². The van der Waals surface area contributed by atoms with Gasteiger partial charge in [-0.05, 0) is 35.9 Å². The molecule has 2 aromatic carbocycles. The summed E-state index contributed by atoms with van der Waals surface area (Å²) in [6.07, 6.45) is 0. The molecule has 12 nitrogen and oxygen atoms in total. The number of amides is 3. The molecule has 1 heterocycles. The largest absolute Gasteiger partial charge is 0.481 e. The fourth-order valence-electron chi connectivity index (χ4n) is 3.76. The van der Waals surface area contributed by atoms with Crippen molar-refractivity contribution in [3.63, 3.8) is 0 Å². The summed E-state index contributed by atoms with van der Waals surface area (Å²) in [5.74, 6) is 3.87. The number of methoxy groups -OCH3 is 1. The number of hydrogen-bond donors (Lipinski definition) is 3. The lowest BCUT2D eigenvalue weighted by molar-refractivity contribution is -0.133. The number of para-hydroxylation sites is 1. The van der Waals surface area contributed by atoms with E-state index >= 15 is 0 Å². The fourth-order valence-corrected chi connectivity index (χ4v) is 5.31. The highest BCUT2D eigenvalue weighted by Crippen LogP contribution is 2.31. The van der Waals surface area contributed by atoms with Gasteiger partial charge in [0, 0.05) is 26.3 Å². The summed E-state index contributed by atoms with van der Waals surface area (Å²) in [5, 5.41) is 11.8. The SMILES string of the molecule is COCC#CCOc1ccc(S(=O)(=O)N2Cc3ccccc3N(C(=O)CNC(C)=O)CC2C(=O)NO)cc1. The molecule has 1 aliphatic rings. The third-order valence-corrected chi connectivity index (χ3v) is 7.47. The normalized spacial score (nSPS) is 15.3. The number of carbonyl (C=O) groups is 3. The number of hydroxylamine groups is 1. The fraction of sp³-hybridized carbons (Fsp3) is 0.320. The van der Waals surface area contributed by atoms with Crippen molar-refractivity contribution in [1.29, 1.82) is 0 Å². The van der Waals surface area contributed by atoms with Crippen LogP contribution in [0.15, 0.2) is 53.4 Å². The van der Waals surface area contributed by atoms with E-state index in [-0.39, 0.29) is 31.2 Å². The molecule has 2 aromatic rings. The van der Waals surface area contributed by atoms with E-state index < -0.39 is 40.3 Å². The molecule has 0 saturated carbocycles. The minimum absolute atomic E-state index is 0.0828. The Balaban J connectivity index is 1.94. The maximum Gasteiger partial charge on any atom is 0.263 e. The predicted molar refractivity (Wildman–Crippen MR) is 136 cm³/mol. The third-order valence-electron chi connectivity index (χ3n) is 5.60. The Morgan fingerprint density at radius 1 is 1.08 bits per heavy atom. The minimum Gasteiger partial charge on any atom is -0.481 e. The Kier molecular flexibility index (Phi) is 9.80. The zero-order valence-electron chi connectivity index (χ0n) is 20.8. The van der Waals surface area contributed by atoms with Gasteiger partial charge in [-0.25, -0.2) is 13.9 Å². The van der Waals surface area contributed by atoms with Gasteiger partial charge in [0.1, 0.15) is 25.0 Å². The number of nitrogens with zero attached hydrogens (tertiary/aromatic N) is 2. The lowest BCUT2D eigenvalue weighted by Crippen LogP contribution is -2.54. The first kappa shape index (κ1) is 28.6. The second kappa shape index (κ2) is 13.0. The van der Waals surface area contributed by atoms with E-state index in [2.05, 4.69) is 17.2 Å². The topological polar surface area (TPSA) is 155 Å². The van der Waals surface area contributed by atoms with Gasteiger partial charge in [-0.3, -0.25) is 19.6 Å². The first-order valence-corrected chi connectivity index (χ1v) is 12.9. The van der Waals surface area contributed by atoms with Crippen molar-refractivity contribution >= 4 is 33.4 Å². The van der Waals surface area contributed by atoms with E-state index in [9.17, 15) is 28.0 Å². The van der Waals surface area contributed by atoms with Gasteiger partial charge in [0.25, 0.3) is 5.91 Å². The van der Waals surface area contributed by atoms with Crippen molar-refractivity contribution in [2.24, 2.45) is 0 Å². The van der Waals surface area contributed by atoms with Crippen LogP contribution in [0, 0.1) is 11.8 Å². The molecular formula is C25H28N4O8S. The number of benzene rings is 2. The molecule has 1 atom stereocenters. The molecule has 0 fully saturated rings. The van der Waals surface area contributed by atoms with Crippen molar-refractivity contribution in [3.05, 3.63) is 54.1 Å². The molecule has 3 rings (SSSR count). The number of carbonyl (C=O) groups excluding carboxylic acids is 3. The summed E-state index contributed by atoms with van der Waals surface area (Å²) >= 11 is 0. The van der Waals surface area contributed by atoms with Gasteiger partial charge >= 0.3 is 0 Å². The van der Waals surface area contributed by atoms with Crippen LogP contribution in [0.1, 0.15) is 12.5 Å². The zero-order chi connectivity index (χ0) is 27.7. The van der Waals surface area contributed by atoms with Crippen LogP contribution in [-0.2, 0) is 35.7 Å². The Bertz CT molecular complexity index is 1340. The summed E-state index contributed by atoms with van der Waals surface area (Å²) in [4.78, 5) is 38.2. The second-order valence-electron chi connectivity index (χ2n) is 8.13. The average molecular weight is 545 g/mol. The molecule has 0 radical (unpaired) electrons. The van der Waals surface area contributed by atoms with Crippen LogP contribution in [0.5, 0.6) is 5.75 Å². The lowest BCUT2D eigenvalue weighted by Gasteiger charge is -2.29. The summed E-state index contributed by atoms with van der Waals surface area (Å²) in [5.41, 5.74) is 2.34. The molecule has 202 valence electrons. The Morgan fingerprint density at radius 3 is 2.42 bits per heavy atom. The van der Waals surface area contributed by atoms with E-state index in [0.717, 1.165) is 4.31 Å². The number of ether oxygens (including phenoxy) is 2. The van der Waals surface area contributed by atoms with E-state index in [1.54, 1.807) is 24.3 Å². The number of anilines is 1. The quantitative estimate of drug-likeness (QED) is 0.243. The van der Waals surface area contributed by atoms with Crippen molar-refractivity contribution in [2.75, 3.05) is 38.3 Å². The molecule has 0 aromatic heterocycles. The highest BCUT2D eigenvalue weighted by atomic mass is 32.2. The van der Waals surface area contributed by atoms with Crippen molar-refractivity contribution < 1.29 is 37.5 Å². The molecule has 3 amide bonds. The molecular weight excluding hydrogens is 516 g/mol. The number of hydrogen-bond acceptors (Lipinski definition) is 8. The molecule has 1 aliphatic heterocycles. The van der Waals surface area contributed by atoms with Gasteiger partial charge in [-0.15, -0.1) is 0 Å². The monoisotopic (exact) mass is 544 g/mol. The van der Waals surface area contributed by atoms with Crippen LogP contribution in [0.25, 0.3) is 0 Å². The van der Waals surface area contributed by atoms with E-state index in [1.807, 2.05) is 0 Å². The summed E-state index contributed by atoms with van der Waals surface area (Å²) in [6, 6.07) is 10.7. The first-order chi connectivity index (χ1) is 18.2. The molecule has 0 bridgehead atoms. The number of sulfonamides is 1. The molecule has 0 spiro atoms. The van der Waals surface area contributed by atoms with E-state index in [1.165, 1.54) is 48.7 Å². The maximum atomic E-state index is 13.7.